The highest BCUT2D eigenvalue weighted by atomic mass is 32.1. The number of benzene rings is 1. The number of nitrogens with zero attached hydrogens (tertiary/aromatic N) is 2. The third-order valence-corrected chi connectivity index (χ3v) is 6.45. The van der Waals surface area contributed by atoms with Crippen LogP contribution in [-0.2, 0) is 17.9 Å². The van der Waals surface area contributed by atoms with Crippen molar-refractivity contribution < 1.29 is 9.53 Å². The Bertz CT molecular complexity index is 1220. The molecule has 0 spiro atoms. The van der Waals surface area contributed by atoms with Gasteiger partial charge in [-0.25, -0.2) is 4.98 Å². The molecule has 3 heterocycles. The third-order valence-electron chi connectivity index (χ3n) is 4.53. The molecule has 148 valence electrons. The van der Waals surface area contributed by atoms with Gasteiger partial charge in [-0.2, -0.15) is 0 Å². The molecule has 1 aromatic carbocycles. The number of fused-ring (bicyclic) bond motifs is 1. The summed E-state index contributed by atoms with van der Waals surface area (Å²) in [6, 6.07) is 11.5. The van der Waals surface area contributed by atoms with Crippen LogP contribution in [-0.4, -0.2) is 22.6 Å². The first kappa shape index (κ1) is 19.4. The average Bonchev–Trinajstić information content (AvgIpc) is 3.35. The quantitative estimate of drug-likeness (QED) is 0.510. The number of hydrogen-bond donors (Lipinski definition) is 1. The summed E-state index contributed by atoms with van der Waals surface area (Å²) in [5.74, 6) is 0.520. The highest BCUT2D eigenvalue weighted by Gasteiger charge is 2.15. The summed E-state index contributed by atoms with van der Waals surface area (Å²) in [6.45, 7) is 2.34. The zero-order valence-electron chi connectivity index (χ0n) is 16.0. The Hall–Kier alpha value is -2.97. The van der Waals surface area contributed by atoms with Crippen LogP contribution in [0, 0.1) is 6.92 Å². The first-order valence-electron chi connectivity index (χ1n) is 8.98. The Kier molecular flexibility index (Phi) is 5.46. The SMILES string of the molecule is COc1ccc(CNC(=O)Cn2cnc3scc(-c4ccc(C)s4)c3c2=O)cc1. The van der Waals surface area contributed by atoms with Gasteiger partial charge in [0.15, 0.2) is 0 Å². The van der Waals surface area contributed by atoms with Crippen LogP contribution in [0.1, 0.15) is 10.4 Å². The minimum absolute atomic E-state index is 0.0727. The van der Waals surface area contributed by atoms with Gasteiger partial charge in [-0.3, -0.25) is 14.2 Å². The standard InChI is InChI=1S/C21H19N3O3S2/c1-13-3-8-17(29-13)16-11-28-20-19(16)21(26)24(12-23-20)10-18(25)22-9-14-4-6-15(27-2)7-5-14/h3-8,11-12H,9-10H2,1-2H3,(H,22,25). The van der Waals surface area contributed by atoms with E-state index < -0.39 is 0 Å². The van der Waals surface area contributed by atoms with Crippen molar-refractivity contribution in [3.05, 3.63) is 68.9 Å². The average molecular weight is 426 g/mol. The van der Waals surface area contributed by atoms with E-state index in [1.165, 1.54) is 27.1 Å². The number of nitrogens with one attached hydrogen (secondary N) is 1. The lowest BCUT2D eigenvalue weighted by Crippen LogP contribution is -2.32. The van der Waals surface area contributed by atoms with Crippen molar-refractivity contribution in [3.8, 4) is 16.2 Å². The van der Waals surface area contributed by atoms with Gasteiger partial charge in [0.2, 0.25) is 5.91 Å². The maximum Gasteiger partial charge on any atom is 0.263 e. The third kappa shape index (κ3) is 4.08. The summed E-state index contributed by atoms with van der Waals surface area (Å²) in [6.07, 6.45) is 1.44. The number of ether oxygens (including phenoxy) is 1. The minimum atomic E-state index is -0.243. The molecule has 0 radical (unpaired) electrons. The number of carbonyl (C=O) groups is 1. The summed E-state index contributed by atoms with van der Waals surface area (Å²) >= 11 is 3.08. The van der Waals surface area contributed by atoms with Gasteiger partial charge < -0.3 is 10.1 Å². The van der Waals surface area contributed by atoms with Gasteiger partial charge >= 0.3 is 0 Å². The molecule has 3 aromatic heterocycles. The van der Waals surface area contributed by atoms with Gasteiger partial charge in [-0.1, -0.05) is 12.1 Å². The van der Waals surface area contributed by atoms with Crippen LogP contribution in [0.4, 0.5) is 0 Å². The monoisotopic (exact) mass is 425 g/mol. The number of carbonyl (C=O) groups excluding carboxylic acids is 1. The van der Waals surface area contributed by atoms with E-state index in [0.29, 0.717) is 16.8 Å². The maximum atomic E-state index is 13.0. The molecule has 1 N–H and O–H groups in total. The summed E-state index contributed by atoms with van der Waals surface area (Å²) in [5, 5.41) is 5.37. The van der Waals surface area contributed by atoms with Gasteiger partial charge in [-0.15, -0.1) is 22.7 Å². The van der Waals surface area contributed by atoms with Crippen LogP contribution >= 0.6 is 22.7 Å². The van der Waals surface area contributed by atoms with E-state index in [1.807, 2.05) is 48.7 Å². The summed E-state index contributed by atoms with van der Waals surface area (Å²) in [7, 11) is 1.61. The second kappa shape index (κ2) is 8.18. The van der Waals surface area contributed by atoms with Gasteiger partial charge in [0.1, 0.15) is 17.1 Å². The first-order chi connectivity index (χ1) is 14.0. The Labute approximate surface area is 175 Å². The van der Waals surface area contributed by atoms with Crippen molar-refractivity contribution in [1.29, 1.82) is 0 Å². The maximum absolute atomic E-state index is 13.0. The molecule has 0 fully saturated rings. The normalized spacial score (nSPS) is 11.0. The van der Waals surface area contributed by atoms with Gasteiger partial charge in [-0.05, 0) is 36.8 Å². The fraction of sp³-hybridized carbons (Fsp3) is 0.190. The van der Waals surface area contributed by atoms with Crippen molar-refractivity contribution in [2.75, 3.05) is 7.11 Å². The van der Waals surface area contributed by atoms with Crippen molar-refractivity contribution >= 4 is 38.8 Å². The molecule has 0 aliphatic carbocycles. The van der Waals surface area contributed by atoms with Crippen LogP contribution < -0.4 is 15.6 Å². The predicted octanol–water partition coefficient (Wildman–Crippen LogP) is 3.82. The molecule has 6 nitrogen and oxygen atoms in total. The number of aryl methyl sites for hydroxylation is 1. The lowest BCUT2D eigenvalue weighted by molar-refractivity contribution is -0.121. The Morgan fingerprint density at radius 2 is 2.00 bits per heavy atom. The molecule has 4 rings (SSSR count). The lowest BCUT2D eigenvalue weighted by Gasteiger charge is -2.08. The van der Waals surface area contributed by atoms with Crippen molar-refractivity contribution in [3.63, 3.8) is 0 Å². The zero-order chi connectivity index (χ0) is 20.4. The number of methoxy groups -OCH3 is 1. The van der Waals surface area contributed by atoms with Crippen LogP contribution in [0.15, 0.2) is 52.9 Å². The predicted molar refractivity (Wildman–Crippen MR) is 117 cm³/mol. The molecule has 0 aliphatic heterocycles. The molecule has 0 saturated heterocycles. The van der Waals surface area contributed by atoms with E-state index >= 15 is 0 Å². The second-order valence-electron chi connectivity index (χ2n) is 6.54. The Morgan fingerprint density at radius 3 is 2.69 bits per heavy atom. The molecule has 0 unspecified atom stereocenters. The van der Waals surface area contributed by atoms with Crippen LogP contribution in [0.5, 0.6) is 5.75 Å². The van der Waals surface area contributed by atoms with E-state index in [1.54, 1.807) is 18.4 Å². The second-order valence-corrected chi connectivity index (χ2v) is 8.69. The minimum Gasteiger partial charge on any atom is -0.497 e. The Morgan fingerprint density at radius 1 is 1.21 bits per heavy atom. The highest BCUT2D eigenvalue weighted by molar-refractivity contribution is 7.19. The molecular weight excluding hydrogens is 406 g/mol. The zero-order valence-corrected chi connectivity index (χ0v) is 17.6. The van der Waals surface area contributed by atoms with Crippen LogP contribution in [0.3, 0.4) is 0 Å². The van der Waals surface area contributed by atoms with Gasteiger partial charge in [0.05, 0.1) is 18.8 Å². The number of aromatic nitrogens is 2. The van der Waals surface area contributed by atoms with Crippen molar-refractivity contribution in [2.24, 2.45) is 0 Å². The van der Waals surface area contributed by atoms with E-state index in [4.69, 9.17) is 4.74 Å². The molecule has 0 atom stereocenters. The topological polar surface area (TPSA) is 73.2 Å². The fourth-order valence-corrected chi connectivity index (χ4v) is 4.86. The number of thiophene rings is 2. The van der Waals surface area contributed by atoms with Crippen LogP contribution in [0.25, 0.3) is 20.7 Å². The molecule has 0 aliphatic rings. The molecule has 4 aromatic rings. The van der Waals surface area contributed by atoms with E-state index in [0.717, 1.165) is 21.8 Å². The highest BCUT2D eigenvalue weighted by Crippen LogP contribution is 2.34. The smallest absolute Gasteiger partial charge is 0.263 e. The molecule has 1 amide bonds. The summed E-state index contributed by atoms with van der Waals surface area (Å²) < 4.78 is 6.49. The number of amides is 1. The van der Waals surface area contributed by atoms with Crippen molar-refractivity contribution in [2.45, 2.75) is 20.0 Å². The van der Waals surface area contributed by atoms with Crippen LogP contribution in [0.2, 0.25) is 0 Å². The largest absolute Gasteiger partial charge is 0.497 e. The fourth-order valence-electron chi connectivity index (χ4n) is 3.00. The molecule has 8 heteroatoms. The molecule has 0 bridgehead atoms. The van der Waals surface area contributed by atoms with Crippen molar-refractivity contribution in [1.82, 2.24) is 14.9 Å². The molecule has 0 saturated carbocycles. The van der Waals surface area contributed by atoms with Gasteiger partial charge in [0, 0.05) is 27.2 Å². The lowest BCUT2D eigenvalue weighted by atomic mass is 10.2. The molecule has 29 heavy (non-hydrogen) atoms. The Balaban J connectivity index is 1.52. The first-order valence-corrected chi connectivity index (χ1v) is 10.7. The summed E-state index contributed by atoms with van der Waals surface area (Å²) in [5.41, 5.74) is 1.64. The summed E-state index contributed by atoms with van der Waals surface area (Å²) in [4.78, 5) is 32.7. The number of hydrogen-bond acceptors (Lipinski definition) is 6. The molecular formula is C21H19N3O3S2. The van der Waals surface area contributed by atoms with E-state index in [-0.39, 0.29) is 18.0 Å². The number of rotatable bonds is 6. The van der Waals surface area contributed by atoms with Gasteiger partial charge in [0.25, 0.3) is 5.56 Å². The van der Waals surface area contributed by atoms with E-state index in [9.17, 15) is 9.59 Å². The van der Waals surface area contributed by atoms with E-state index in [2.05, 4.69) is 10.3 Å².